The van der Waals surface area contributed by atoms with Crippen molar-refractivity contribution in [3.8, 4) is 0 Å². The first-order valence-electron chi connectivity index (χ1n) is 3.85. The summed E-state index contributed by atoms with van der Waals surface area (Å²) in [6.45, 7) is 0. The molecule has 0 heterocycles. The van der Waals surface area contributed by atoms with Gasteiger partial charge in [0.2, 0.25) is 0 Å². The van der Waals surface area contributed by atoms with Crippen molar-refractivity contribution in [2.75, 3.05) is 0 Å². The van der Waals surface area contributed by atoms with Gasteiger partial charge in [-0.3, -0.25) is 0 Å². The Hall–Kier alpha value is -0.330. The van der Waals surface area contributed by atoms with Crippen LogP contribution in [-0.2, 0) is 4.79 Å². The molecule has 2 saturated carbocycles. The van der Waals surface area contributed by atoms with E-state index in [1.165, 1.54) is 32.0 Å². The predicted molar refractivity (Wildman–Crippen MR) is 35.0 cm³/mol. The van der Waals surface area contributed by atoms with Gasteiger partial charge in [0, 0.05) is 5.92 Å². The summed E-state index contributed by atoms with van der Waals surface area (Å²) in [6.07, 6.45) is 6.45. The molecular formula is C8H12O. The summed E-state index contributed by atoms with van der Waals surface area (Å²) in [5.74, 6) is 2.15. The van der Waals surface area contributed by atoms with Gasteiger partial charge >= 0.3 is 0 Å². The summed E-state index contributed by atoms with van der Waals surface area (Å²) in [5, 5.41) is 0. The van der Waals surface area contributed by atoms with E-state index in [1.54, 1.807) is 0 Å². The Morgan fingerprint density at radius 3 is 2.44 bits per heavy atom. The predicted octanol–water partition coefficient (Wildman–Crippen LogP) is 1.62. The number of rotatable bonds is 1. The van der Waals surface area contributed by atoms with Crippen molar-refractivity contribution in [3.05, 3.63) is 0 Å². The maximum Gasteiger partial charge on any atom is 0.123 e. The third-order valence-electron chi connectivity index (χ3n) is 2.97. The fourth-order valence-corrected chi connectivity index (χ4v) is 2.46. The average molecular weight is 124 g/mol. The van der Waals surface area contributed by atoms with Crippen molar-refractivity contribution in [2.45, 2.75) is 25.7 Å². The zero-order valence-electron chi connectivity index (χ0n) is 5.55. The van der Waals surface area contributed by atoms with Crippen LogP contribution < -0.4 is 0 Å². The van der Waals surface area contributed by atoms with Gasteiger partial charge in [-0.2, -0.15) is 0 Å². The van der Waals surface area contributed by atoms with E-state index in [-0.39, 0.29) is 0 Å². The molecule has 2 rings (SSSR count). The lowest BCUT2D eigenvalue weighted by Crippen LogP contribution is -2.10. The minimum atomic E-state index is 0.448. The van der Waals surface area contributed by atoms with Crippen LogP contribution >= 0.6 is 0 Å². The van der Waals surface area contributed by atoms with E-state index in [9.17, 15) is 4.79 Å². The monoisotopic (exact) mass is 124 g/mol. The van der Waals surface area contributed by atoms with E-state index in [1.807, 2.05) is 0 Å². The Kier molecular flexibility index (Phi) is 1.11. The largest absolute Gasteiger partial charge is 0.303 e. The molecule has 0 spiro atoms. The SMILES string of the molecule is O=CC1CC2CC[C@H]1C2. The number of aldehydes is 1. The first-order chi connectivity index (χ1) is 4.40. The van der Waals surface area contributed by atoms with Crippen molar-refractivity contribution < 1.29 is 4.79 Å². The highest BCUT2D eigenvalue weighted by atomic mass is 16.1. The molecule has 0 radical (unpaired) electrons. The molecule has 2 aliphatic carbocycles. The maximum atomic E-state index is 10.4. The van der Waals surface area contributed by atoms with Gasteiger partial charge < -0.3 is 4.79 Å². The maximum absolute atomic E-state index is 10.4. The molecule has 2 fully saturated rings. The second-order valence-electron chi connectivity index (χ2n) is 3.47. The standard InChI is InChI=1S/C8H12O/c9-5-8-4-6-1-2-7(8)3-6/h5-8H,1-4H2/t6?,7-,8?/m0/s1. The molecule has 50 valence electrons. The molecule has 1 heteroatoms. The van der Waals surface area contributed by atoms with Crippen LogP contribution in [0.3, 0.4) is 0 Å². The van der Waals surface area contributed by atoms with Crippen LogP contribution in [0.15, 0.2) is 0 Å². The molecule has 0 aromatic heterocycles. The Morgan fingerprint density at radius 2 is 2.11 bits per heavy atom. The number of carbonyl (C=O) groups is 1. The second-order valence-corrected chi connectivity index (χ2v) is 3.47. The van der Waals surface area contributed by atoms with E-state index in [0.717, 1.165) is 11.8 Å². The van der Waals surface area contributed by atoms with Gasteiger partial charge in [-0.05, 0) is 31.1 Å². The topological polar surface area (TPSA) is 17.1 Å². The fourth-order valence-electron chi connectivity index (χ4n) is 2.46. The van der Waals surface area contributed by atoms with Crippen molar-refractivity contribution >= 4 is 6.29 Å². The number of hydrogen-bond donors (Lipinski definition) is 0. The molecule has 0 aromatic rings. The van der Waals surface area contributed by atoms with E-state index in [4.69, 9.17) is 0 Å². The first-order valence-corrected chi connectivity index (χ1v) is 3.85. The molecule has 0 saturated heterocycles. The molecule has 9 heavy (non-hydrogen) atoms. The van der Waals surface area contributed by atoms with Gasteiger partial charge in [-0.25, -0.2) is 0 Å². The Bertz CT molecular complexity index is 131. The molecule has 0 amide bonds. The smallest absolute Gasteiger partial charge is 0.123 e. The molecule has 2 bridgehead atoms. The lowest BCUT2D eigenvalue weighted by Gasteiger charge is -2.14. The van der Waals surface area contributed by atoms with Gasteiger partial charge in [0.15, 0.2) is 0 Å². The molecule has 2 aliphatic rings. The molecule has 1 nitrogen and oxygen atoms in total. The summed E-state index contributed by atoms with van der Waals surface area (Å²) >= 11 is 0. The Balaban J connectivity index is 2.09. The number of carbonyl (C=O) groups excluding carboxylic acids is 1. The normalized spacial score (nSPS) is 47.8. The summed E-state index contributed by atoms with van der Waals surface area (Å²) < 4.78 is 0. The quantitative estimate of drug-likeness (QED) is 0.485. The third-order valence-corrected chi connectivity index (χ3v) is 2.97. The molecule has 0 aliphatic heterocycles. The van der Waals surface area contributed by atoms with Crippen molar-refractivity contribution in [2.24, 2.45) is 17.8 Å². The van der Waals surface area contributed by atoms with Crippen molar-refractivity contribution in [3.63, 3.8) is 0 Å². The van der Waals surface area contributed by atoms with Crippen LogP contribution in [0.25, 0.3) is 0 Å². The van der Waals surface area contributed by atoms with Crippen molar-refractivity contribution in [1.82, 2.24) is 0 Å². The summed E-state index contributed by atoms with van der Waals surface area (Å²) in [7, 11) is 0. The molecule has 0 aromatic carbocycles. The summed E-state index contributed by atoms with van der Waals surface area (Å²) in [5.41, 5.74) is 0. The Morgan fingerprint density at radius 1 is 1.22 bits per heavy atom. The van der Waals surface area contributed by atoms with Gasteiger partial charge in [-0.15, -0.1) is 0 Å². The highest BCUT2D eigenvalue weighted by Gasteiger charge is 2.38. The van der Waals surface area contributed by atoms with Crippen LogP contribution in [0.4, 0.5) is 0 Å². The Labute approximate surface area is 55.4 Å². The van der Waals surface area contributed by atoms with Crippen molar-refractivity contribution in [1.29, 1.82) is 0 Å². The van der Waals surface area contributed by atoms with Crippen LogP contribution in [0.1, 0.15) is 25.7 Å². The third kappa shape index (κ3) is 0.707. The molecular weight excluding hydrogens is 112 g/mol. The molecule has 3 atom stereocenters. The fraction of sp³-hybridized carbons (Fsp3) is 0.875. The van der Waals surface area contributed by atoms with E-state index in [2.05, 4.69) is 0 Å². The van der Waals surface area contributed by atoms with E-state index >= 15 is 0 Å². The van der Waals surface area contributed by atoms with Gasteiger partial charge in [0.05, 0.1) is 0 Å². The van der Waals surface area contributed by atoms with Crippen LogP contribution in [-0.4, -0.2) is 6.29 Å². The summed E-state index contributed by atoms with van der Waals surface area (Å²) in [4.78, 5) is 10.4. The van der Waals surface area contributed by atoms with E-state index < -0.39 is 0 Å². The highest BCUT2D eigenvalue weighted by molar-refractivity contribution is 5.55. The number of hydrogen-bond acceptors (Lipinski definition) is 1. The summed E-state index contributed by atoms with van der Waals surface area (Å²) in [6, 6.07) is 0. The van der Waals surface area contributed by atoms with Crippen LogP contribution in [0.2, 0.25) is 0 Å². The van der Waals surface area contributed by atoms with Gasteiger partial charge in [-0.1, -0.05) is 6.42 Å². The van der Waals surface area contributed by atoms with E-state index in [0.29, 0.717) is 5.92 Å². The molecule has 2 unspecified atom stereocenters. The van der Waals surface area contributed by atoms with Gasteiger partial charge in [0.1, 0.15) is 6.29 Å². The average Bonchev–Trinajstić information content (AvgIpc) is 2.45. The lowest BCUT2D eigenvalue weighted by molar-refractivity contribution is -0.112. The van der Waals surface area contributed by atoms with Crippen LogP contribution in [0.5, 0.6) is 0 Å². The van der Waals surface area contributed by atoms with Crippen LogP contribution in [0, 0.1) is 17.8 Å². The number of fused-ring (bicyclic) bond motifs is 2. The minimum Gasteiger partial charge on any atom is -0.303 e. The lowest BCUT2D eigenvalue weighted by atomic mass is 9.90. The molecule has 0 N–H and O–H groups in total. The first kappa shape index (κ1) is 5.45. The highest BCUT2D eigenvalue weighted by Crippen LogP contribution is 2.47. The van der Waals surface area contributed by atoms with Gasteiger partial charge in [0.25, 0.3) is 0 Å². The zero-order valence-corrected chi connectivity index (χ0v) is 5.55. The zero-order chi connectivity index (χ0) is 6.27. The second kappa shape index (κ2) is 1.83. The minimum absolute atomic E-state index is 0.448.